The molecule has 1 fully saturated rings. The highest BCUT2D eigenvalue weighted by Gasteiger charge is 2.42. The number of benzene rings is 1. The van der Waals surface area contributed by atoms with Gasteiger partial charge in [0.25, 0.3) is 12.3 Å². The van der Waals surface area contributed by atoms with Crippen LogP contribution in [0, 0.1) is 0 Å². The van der Waals surface area contributed by atoms with E-state index in [1.165, 1.54) is 13.1 Å². The van der Waals surface area contributed by atoms with Gasteiger partial charge in [0, 0.05) is 12.3 Å². The summed E-state index contributed by atoms with van der Waals surface area (Å²) in [7, 11) is 0. The van der Waals surface area contributed by atoms with Gasteiger partial charge >= 0.3 is 6.09 Å². The van der Waals surface area contributed by atoms with Crippen molar-refractivity contribution in [1.29, 1.82) is 0 Å². The number of imidazole rings is 1. The van der Waals surface area contributed by atoms with Gasteiger partial charge in [0.2, 0.25) is 0 Å². The smallest absolute Gasteiger partial charge is 0.416 e. The summed E-state index contributed by atoms with van der Waals surface area (Å²) < 4.78 is 44.2. The van der Waals surface area contributed by atoms with E-state index in [1.54, 1.807) is 22.8 Å². The molecule has 11 heteroatoms. The summed E-state index contributed by atoms with van der Waals surface area (Å²) in [6.07, 6.45) is -2.91. The fourth-order valence-corrected chi connectivity index (χ4v) is 3.18. The van der Waals surface area contributed by atoms with Crippen LogP contribution in [0.1, 0.15) is 6.92 Å². The number of anilines is 1. The number of rotatable bonds is 5. The van der Waals surface area contributed by atoms with E-state index in [0.717, 1.165) is 4.90 Å². The Labute approximate surface area is 163 Å². The molecule has 2 aromatic rings. The van der Waals surface area contributed by atoms with Gasteiger partial charge in [-0.05, 0) is 19.1 Å². The van der Waals surface area contributed by atoms with Crippen LogP contribution in [0.2, 0.25) is 0 Å². The molecule has 0 spiro atoms. The second-order valence-corrected chi connectivity index (χ2v) is 6.63. The Morgan fingerprint density at radius 2 is 2.17 bits per heavy atom. The average molecular weight is 408 g/mol. The third-order valence-electron chi connectivity index (χ3n) is 4.70. The first kappa shape index (κ1) is 19.0. The van der Waals surface area contributed by atoms with E-state index < -0.39 is 37.2 Å². The predicted molar refractivity (Wildman–Crippen MR) is 96.1 cm³/mol. The maximum atomic E-state index is 13.3. The van der Waals surface area contributed by atoms with Crippen LogP contribution in [-0.4, -0.2) is 53.3 Å². The van der Waals surface area contributed by atoms with E-state index in [4.69, 9.17) is 19.9 Å². The highest BCUT2D eigenvalue weighted by Crippen LogP contribution is 2.37. The zero-order chi connectivity index (χ0) is 20.7. The molecular formula is C18H18F2N4O5. The lowest BCUT2D eigenvalue weighted by Gasteiger charge is -2.17. The normalized spacial score (nSPS) is 19.1. The number of ether oxygens (including phenoxy) is 3. The van der Waals surface area contributed by atoms with Gasteiger partial charge < -0.3 is 24.5 Å². The van der Waals surface area contributed by atoms with E-state index in [-0.39, 0.29) is 12.4 Å². The van der Waals surface area contributed by atoms with Gasteiger partial charge in [0.1, 0.15) is 36.6 Å². The number of hydrogen-bond acceptors (Lipinski definition) is 6. The number of alkyl halides is 2. The molecule has 1 unspecified atom stereocenters. The van der Waals surface area contributed by atoms with Crippen LogP contribution in [0.4, 0.5) is 19.4 Å². The lowest BCUT2D eigenvalue weighted by molar-refractivity contribution is -0.123. The lowest BCUT2D eigenvalue weighted by atomic mass is 10.1. The Morgan fingerprint density at radius 3 is 2.90 bits per heavy atom. The maximum Gasteiger partial charge on any atom is 0.416 e. The van der Waals surface area contributed by atoms with E-state index in [0.29, 0.717) is 29.4 Å². The summed E-state index contributed by atoms with van der Waals surface area (Å²) in [5.41, 5.74) is 5.80. The number of halogens is 2. The lowest BCUT2D eigenvalue weighted by Crippen LogP contribution is -2.38. The highest BCUT2D eigenvalue weighted by molar-refractivity contribution is 5.89. The highest BCUT2D eigenvalue weighted by atomic mass is 19.3. The number of hydrogen-bond donors (Lipinski definition) is 1. The number of amides is 2. The van der Waals surface area contributed by atoms with E-state index in [2.05, 4.69) is 4.98 Å². The Hall–Kier alpha value is -3.37. The van der Waals surface area contributed by atoms with Gasteiger partial charge in [0.05, 0.1) is 12.1 Å². The molecule has 0 bridgehead atoms. The first-order valence-corrected chi connectivity index (χ1v) is 8.89. The van der Waals surface area contributed by atoms with E-state index >= 15 is 0 Å². The van der Waals surface area contributed by atoms with Crippen molar-refractivity contribution < 1.29 is 32.6 Å². The first-order valence-electron chi connectivity index (χ1n) is 8.89. The number of primary amides is 1. The molecule has 4 rings (SSSR count). The third kappa shape index (κ3) is 3.43. The van der Waals surface area contributed by atoms with Crippen LogP contribution in [-0.2, 0) is 16.1 Å². The Balaban J connectivity index is 1.68. The molecule has 1 saturated heterocycles. The summed E-state index contributed by atoms with van der Waals surface area (Å²) in [5, 5.41) is 0. The molecule has 0 aliphatic carbocycles. The minimum Gasteiger partial charge on any atom is -0.491 e. The van der Waals surface area contributed by atoms with Crippen molar-refractivity contribution in [3.8, 4) is 22.9 Å². The Bertz CT molecular complexity index is 964. The van der Waals surface area contributed by atoms with Crippen LogP contribution < -0.4 is 20.1 Å². The molecule has 2 N–H and O–H groups in total. The largest absolute Gasteiger partial charge is 0.491 e. The second-order valence-electron chi connectivity index (χ2n) is 6.63. The van der Waals surface area contributed by atoms with Crippen LogP contribution in [0.3, 0.4) is 0 Å². The molecule has 0 radical (unpaired) electrons. The third-order valence-corrected chi connectivity index (χ3v) is 4.70. The second kappa shape index (κ2) is 7.22. The molecule has 2 aliphatic rings. The molecule has 154 valence electrons. The van der Waals surface area contributed by atoms with Crippen molar-refractivity contribution in [2.24, 2.45) is 5.73 Å². The minimum atomic E-state index is -2.76. The van der Waals surface area contributed by atoms with Crippen molar-refractivity contribution in [1.82, 2.24) is 9.55 Å². The minimum absolute atomic E-state index is 0.0864. The molecule has 29 heavy (non-hydrogen) atoms. The number of nitrogens with two attached hydrogens (primary N) is 1. The number of carbonyl (C=O) groups excluding carboxylic acids is 2. The van der Waals surface area contributed by atoms with E-state index in [1.807, 2.05) is 0 Å². The Morgan fingerprint density at radius 1 is 1.38 bits per heavy atom. The summed E-state index contributed by atoms with van der Waals surface area (Å²) in [6.45, 7) is 1.82. The van der Waals surface area contributed by atoms with Crippen molar-refractivity contribution in [3.63, 3.8) is 0 Å². The van der Waals surface area contributed by atoms with Crippen molar-refractivity contribution in [3.05, 3.63) is 24.4 Å². The quantitative estimate of drug-likeness (QED) is 0.808. The standard InChI is InChI=1S/C18H18F2N4O5/c1-9(16(21)25)29-10-2-3-11-13(6-10)27-5-4-23-7-14(22-17(11)23)24-12(15(19)20)8-28-18(24)26/h2-3,6-7,9,12,15H,4-5,8H2,1H3,(H2,21,25)/t9-,12?/m0/s1. The molecule has 2 atom stereocenters. The molecule has 1 aromatic heterocycles. The van der Waals surface area contributed by atoms with E-state index in [9.17, 15) is 18.4 Å². The molecular weight excluding hydrogens is 390 g/mol. The average Bonchev–Trinajstić information content (AvgIpc) is 3.21. The van der Waals surface area contributed by atoms with Gasteiger partial charge in [-0.3, -0.25) is 4.79 Å². The predicted octanol–water partition coefficient (Wildman–Crippen LogP) is 1.79. The van der Waals surface area contributed by atoms with Crippen molar-refractivity contribution in [2.75, 3.05) is 18.1 Å². The summed E-state index contributed by atoms with van der Waals surface area (Å²) >= 11 is 0. The summed E-state index contributed by atoms with van der Waals surface area (Å²) in [5.74, 6) is 0.769. The van der Waals surface area contributed by atoms with Crippen molar-refractivity contribution in [2.45, 2.75) is 32.0 Å². The fraction of sp³-hybridized carbons (Fsp3) is 0.389. The van der Waals surface area contributed by atoms with Gasteiger partial charge in [-0.15, -0.1) is 0 Å². The number of aromatic nitrogens is 2. The SMILES string of the molecule is C[C@H](Oc1ccc2c(c1)OCCn1cc(N3C(=O)OCC3C(F)F)nc1-2)C(N)=O. The first-order chi connectivity index (χ1) is 13.8. The van der Waals surface area contributed by atoms with Crippen LogP contribution in [0.5, 0.6) is 11.5 Å². The van der Waals surface area contributed by atoms with Crippen molar-refractivity contribution >= 4 is 17.8 Å². The van der Waals surface area contributed by atoms with Crippen LogP contribution in [0.15, 0.2) is 24.4 Å². The molecule has 1 aromatic carbocycles. The molecule has 9 nitrogen and oxygen atoms in total. The fourth-order valence-electron chi connectivity index (χ4n) is 3.18. The molecule has 2 aliphatic heterocycles. The number of cyclic esters (lactones) is 1. The monoisotopic (exact) mass is 408 g/mol. The molecule has 0 saturated carbocycles. The Kier molecular flexibility index (Phi) is 4.73. The van der Waals surface area contributed by atoms with Gasteiger partial charge in [-0.2, -0.15) is 0 Å². The zero-order valence-corrected chi connectivity index (χ0v) is 15.4. The molecule has 2 amide bonds. The summed E-state index contributed by atoms with van der Waals surface area (Å²) in [4.78, 5) is 28.4. The number of carbonyl (C=O) groups is 2. The topological polar surface area (TPSA) is 109 Å². The zero-order valence-electron chi connectivity index (χ0n) is 15.4. The van der Waals surface area contributed by atoms with Crippen LogP contribution in [0.25, 0.3) is 11.4 Å². The van der Waals surface area contributed by atoms with Gasteiger partial charge in [0.15, 0.2) is 11.9 Å². The van der Waals surface area contributed by atoms with Crippen LogP contribution >= 0.6 is 0 Å². The molecule has 3 heterocycles. The number of fused-ring (bicyclic) bond motifs is 3. The maximum absolute atomic E-state index is 13.3. The summed E-state index contributed by atoms with van der Waals surface area (Å²) in [6, 6.07) is 3.52. The van der Waals surface area contributed by atoms with Gasteiger partial charge in [-0.1, -0.05) is 0 Å². The number of nitrogens with zero attached hydrogens (tertiary/aromatic N) is 3. The van der Waals surface area contributed by atoms with Gasteiger partial charge in [-0.25, -0.2) is 23.5 Å².